The van der Waals surface area contributed by atoms with Crippen LogP contribution in [0.15, 0.2) is 41.0 Å². The summed E-state index contributed by atoms with van der Waals surface area (Å²) in [6.45, 7) is 0. The summed E-state index contributed by atoms with van der Waals surface area (Å²) in [5.74, 6) is -1.51. The topological polar surface area (TPSA) is 102 Å². The molecule has 110 valence electrons. The largest absolute Gasteiger partial charge is 0.508 e. The molecular weight excluding hydrogens is 340 g/mol. The second-order valence-corrected chi connectivity index (χ2v) is 5.38. The number of aromatic nitrogens is 1. The molecule has 2 rings (SSSR count). The molecule has 0 saturated carbocycles. The number of halogens is 1. The van der Waals surface area contributed by atoms with E-state index in [4.69, 9.17) is 0 Å². The van der Waals surface area contributed by atoms with Crippen molar-refractivity contribution < 1.29 is 19.8 Å². The highest BCUT2D eigenvalue weighted by molar-refractivity contribution is 9.10. The van der Waals surface area contributed by atoms with Crippen molar-refractivity contribution in [3.63, 3.8) is 0 Å². The van der Waals surface area contributed by atoms with Crippen LogP contribution in [0.3, 0.4) is 0 Å². The van der Waals surface area contributed by atoms with E-state index in [9.17, 15) is 19.8 Å². The first-order valence-corrected chi connectivity index (χ1v) is 6.90. The maximum Gasteiger partial charge on any atom is 0.326 e. The summed E-state index contributed by atoms with van der Waals surface area (Å²) in [6, 6.07) is 6.68. The van der Waals surface area contributed by atoms with Crippen LogP contribution in [0.25, 0.3) is 0 Å². The number of carbonyl (C=O) groups is 2. The molecule has 1 atom stereocenters. The maximum atomic E-state index is 12.0. The number of aliphatic carboxylic acids is 1. The van der Waals surface area contributed by atoms with Crippen LogP contribution in [0.2, 0.25) is 0 Å². The van der Waals surface area contributed by atoms with Crippen molar-refractivity contribution in [1.82, 2.24) is 10.3 Å². The van der Waals surface area contributed by atoms with E-state index in [0.29, 0.717) is 10.0 Å². The van der Waals surface area contributed by atoms with Crippen LogP contribution in [0.4, 0.5) is 0 Å². The molecule has 1 aromatic carbocycles. The van der Waals surface area contributed by atoms with Gasteiger partial charge in [0.2, 0.25) is 0 Å². The first kappa shape index (κ1) is 15.1. The minimum atomic E-state index is -1.12. The average Bonchev–Trinajstić information content (AvgIpc) is 2.87. The minimum absolute atomic E-state index is 0.103. The Bertz CT molecular complexity index is 651. The Hall–Kier alpha value is -2.28. The number of H-pyrrole nitrogens is 1. The van der Waals surface area contributed by atoms with Crippen LogP contribution >= 0.6 is 15.9 Å². The lowest BCUT2D eigenvalue weighted by molar-refractivity contribution is -0.139. The molecule has 0 aliphatic heterocycles. The number of hydrogen-bond acceptors (Lipinski definition) is 3. The van der Waals surface area contributed by atoms with Crippen molar-refractivity contribution in [3.8, 4) is 5.75 Å². The zero-order chi connectivity index (χ0) is 15.4. The molecule has 1 aromatic heterocycles. The van der Waals surface area contributed by atoms with Gasteiger partial charge in [0.15, 0.2) is 0 Å². The third-order valence-corrected chi connectivity index (χ3v) is 3.33. The second-order valence-electron chi connectivity index (χ2n) is 4.47. The lowest BCUT2D eigenvalue weighted by Gasteiger charge is -2.14. The summed E-state index contributed by atoms with van der Waals surface area (Å²) in [4.78, 5) is 25.9. The Morgan fingerprint density at radius 2 is 1.95 bits per heavy atom. The van der Waals surface area contributed by atoms with E-state index in [1.54, 1.807) is 24.4 Å². The molecule has 0 bridgehead atoms. The number of phenolic OH excluding ortho intramolecular Hbond substituents is 1. The molecule has 0 aliphatic rings. The van der Waals surface area contributed by atoms with E-state index in [2.05, 4.69) is 26.2 Å². The lowest BCUT2D eigenvalue weighted by atomic mass is 10.1. The van der Waals surface area contributed by atoms with Crippen molar-refractivity contribution in [2.45, 2.75) is 12.5 Å². The van der Waals surface area contributed by atoms with Crippen LogP contribution in [-0.4, -0.2) is 33.1 Å². The van der Waals surface area contributed by atoms with Gasteiger partial charge in [0.1, 0.15) is 17.5 Å². The average molecular weight is 353 g/mol. The maximum absolute atomic E-state index is 12.0. The summed E-state index contributed by atoms with van der Waals surface area (Å²) in [5.41, 5.74) is 0.979. The lowest BCUT2D eigenvalue weighted by Crippen LogP contribution is -2.42. The molecule has 2 aromatic rings. The Labute approximate surface area is 128 Å². The third-order valence-electron chi connectivity index (χ3n) is 2.87. The summed E-state index contributed by atoms with van der Waals surface area (Å²) in [7, 11) is 0. The number of rotatable bonds is 5. The van der Waals surface area contributed by atoms with E-state index in [-0.39, 0.29) is 17.9 Å². The number of hydrogen-bond donors (Lipinski definition) is 4. The van der Waals surface area contributed by atoms with Gasteiger partial charge in [-0.2, -0.15) is 0 Å². The molecule has 1 heterocycles. The van der Waals surface area contributed by atoms with Gasteiger partial charge in [0.05, 0.1) is 0 Å². The van der Waals surface area contributed by atoms with E-state index in [0.717, 1.165) is 0 Å². The zero-order valence-electron chi connectivity index (χ0n) is 10.8. The highest BCUT2D eigenvalue weighted by Gasteiger charge is 2.21. The zero-order valence-corrected chi connectivity index (χ0v) is 12.4. The second kappa shape index (κ2) is 6.45. The van der Waals surface area contributed by atoms with Crippen LogP contribution < -0.4 is 5.32 Å². The predicted molar refractivity (Wildman–Crippen MR) is 79.2 cm³/mol. The molecule has 0 fully saturated rings. The van der Waals surface area contributed by atoms with E-state index in [1.807, 2.05) is 0 Å². The van der Waals surface area contributed by atoms with Gasteiger partial charge in [-0.15, -0.1) is 0 Å². The van der Waals surface area contributed by atoms with Crippen molar-refractivity contribution in [2.24, 2.45) is 0 Å². The number of amides is 1. The fourth-order valence-corrected chi connectivity index (χ4v) is 2.15. The number of carbonyl (C=O) groups excluding carboxylic acids is 1. The van der Waals surface area contributed by atoms with E-state index < -0.39 is 17.9 Å². The van der Waals surface area contributed by atoms with Gasteiger partial charge in [-0.05, 0) is 39.7 Å². The number of aromatic amines is 1. The molecule has 1 unspecified atom stereocenters. The van der Waals surface area contributed by atoms with Crippen LogP contribution in [-0.2, 0) is 11.2 Å². The van der Waals surface area contributed by atoms with Crippen molar-refractivity contribution >= 4 is 27.8 Å². The molecule has 0 radical (unpaired) electrons. The summed E-state index contributed by atoms with van der Waals surface area (Å²) in [5, 5.41) is 20.9. The number of carboxylic acids is 1. The first-order chi connectivity index (χ1) is 9.95. The SMILES string of the molecule is O=C(NC(Cc1ccc(O)cc1)C(=O)O)c1cc(Br)c[nH]1. The first-order valence-electron chi connectivity index (χ1n) is 6.11. The molecule has 6 nitrogen and oxygen atoms in total. The molecule has 0 spiro atoms. The van der Waals surface area contributed by atoms with E-state index in [1.165, 1.54) is 12.1 Å². The fraction of sp³-hybridized carbons (Fsp3) is 0.143. The standard InChI is InChI=1S/C14H13BrN2O4/c15-9-6-11(16-7-9)13(19)17-12(14(20)21)5-8-1-3-10(18)4-2-8/h1-4,6-7,12,16,18H,5H2,(H,17,19)(H,20,21). The van der Waals surface area contributed by atoms with Crippen molar-refractivity contribution in [3.05, 3.63) is 52.3 Å². The molecule has 1 amide bonds. The summed E-state index contributed by atoms with van der Waals surface area (Å²) in [6.07, 6.45) is 1.72. The predicted octanol–water partition coefficient (Wildman–Crippen LogP) is 1.91. The number of nitrogens with one attached hydrogen (secondary N) is 2. The van der Waals surface area contributed by atoms with Crippen LogP contribution in [0.1, 0.15) is 16.1 Å². The molecule has 21 heavy (non-hydrogen) atoms. The normalized spacial score (nSPS) is 11.9. The summed E-state index contributed by atoms with van der Waals surface area (Å²) < 4.78 is 0.707. The van der Waals surface area contributed by atoms with Gasteiger partial charge in [-0.3, -0.25) is 4.79 Å². The summed E-state index contributed by atoms with van der Waals surface area (Å²) >= 11 is 3.20. The van der Waals surface area contributed by atoms with Gasteiger partial charge in [-0.1, -0.05) is 12.1 Å². The van der Waals surface area contributed by atoms with Gasteiger partial charge in [0, 0.05) is 17.1 Å². The van der Waals surface area contributed by atoms with Crippen molar-refractivity contribution in [2.75, 3.05) is 0 Å². The monoisotopic (exact) mass is 352 g/mol. The van der Waals surface area contributed by atoms with Gasteiger partial charge >= 0.3 is 5.97 Å². The number of aromatic hydroxyl groups is 1. The Morgan fingerprint density at radius 3 is 2.48 bits per heavy atom. The number of phenols is 1. The number of benzene rings is 1. The Morgan fingerprint density at radius 1 is 1.29 bits per heavy atom. The van der Waals surface area contributed by atoms with Crippen LogP contribution in [0.5, 0.6) is 5.75 Å². The smallest absolute Gasteiger partial charge is 0.326 e. The van der Waals surface area contributed by atoms with Gasteiger partial charge in [-0.25, -0.2) is 4.79 Å². The third kappa shape index (κ3) is 4.09. The molecule has 0 saturated heterocycles. The molecular formula is C14H13BrN2O4. The molecule has 7 heteroatoms. The molecule has 0 aliphatic carbocycles. The van der Waals surface area contributed by atoms with Crippen molar-refractivity contribution in [1.29, 1.82) is 0 Å². The highest BCUT2D eigenvalue weighted by atomic mass is 79.9. The Kier molecular flexibility index (Phi) is 4.64. The highest BCUT2D eigenvalue weighted by Crippen LogP contribution is 2.13. The Balaban J connectivity index is 2.07. The van der Waals surface area contributed by atoms with Gasteiger partial charge in [0.25, 0.3) is 5.91 Å². The van der Waals surface area contributed by atoms with Gasteiger partial charge < -0.3 is 20.5 Å². The fourth-order valence-electron chi connectivity index (χ4n) is 1.80. The van der Waals surface area contributed by atoms with Crippen LogP contribution in [0, 0.1) is 0 Å². The minimum Gasteiger partial charge on any atom is -0.508 e. The quantitative estimate of drug-likeness (QED) is 0.659. The van der Waals surface area contributed by atoms with E-state index >= 15 is 0 Å². The molecule has 4 N–H and O–H groups in total. The number of carboxylic acid groups (broad SMARTS) is 1.